The van der Waals surface area contributed by atoms with Crippen molar-refractivity contribution in [3.05, 3.63) is 0 Å². The average molecular weight is 327 g/mol. The van der Waals surface area contributed by atoms with Gasteiger partial charge in [-0.2, -0.15) is 0 Å². The molecule has 0 aliphatic rings. The lowest BCUT2D eigenvalue weighted by molar-refractivity contribution is -0.155. The first-order chi connectivity index (χ1) is 9.70. The van der Waals surface area contributed by atoms with Crippen LogP contribution in [0.5, 0.6) is 0 Å². The first-order valence-corrected chi connectivity index (χ1v) is 8.15. The summed E-state index contributed by atoms with van der Waals surface area (Å²) in [7, 11) is 0. The van der Waals surface area contributed by atoms with E-state index in [2.05, 4.69) is 27.7 Å². The Bertz CT molecular complexity index is 309. The van der Waals surface area contributed by atoms with Crippen molar-refractivity contribution in [3.8, 4) is 0 Å². The summed E-state index contributed by atoms with van der Waals surface area (Å²) in [6.07, 6.45) is 8.30. The highest BCUT2D eigenvalue weighted by Crippen LogP contribution is 2.35. The minimum atomic E-state index is -1.28. The Morgan fingerprint density at radius 2 is 1.36 bits per heavy atom. The minimum absolute atomic E-state index is 0. The van der Waals surface area contributed by atoms with Crippen LogP contribution < -0.4 is 0 Å². The fraction of sp³-hybridized carbons (Fsp3) is 0.882. The number of unbranched alkanes of at least 4 members (excludes halogenated alkanes) is 5. The van der Waals surface area contributed by atoms with E-state index in [1.807, 2.05) is 0 Å². The summed E-state index contributed by atoms with van der Waals surface area (Å²) >= 11 is 0. The Morgan fingerprint density at radius 1 is 0.909 bits per heavy atom. The van der Waals surface area contributed by atoms with Crippen LogP contribution in [0.25, 0.3) is 0 Å². The van der Waals surface area contributed by atoms with Gasteiger partial charge in [0.1, 0.15) is 0 Å². The van der Waals surface area contributed by atoms with Crippen molar-refractivity contribution in [1.82, 2.24) is 0 Å². The normalized spacial score (nSPS) is 12.8. The number of carboxylic acid groups (broad SMARTS) is 2. The summed E-state index contributed by atoms with van der Waals surface area (Å²) in [5.41, 5.74) is -0.0629. The zero-order valence-electron chi connectivity index (χ0n) is 14.0. The quantitative estimate of drug-likeness (QED) is 0.345. The number of carboxylic acids is 2. The highest BCUT2D eigenvalue weighted by atomic mass is 24.3. The topological polar surface area (TPSA) is 74.6 Å². The molecule has 0 aliphatic carbocycles. The molecule has 128 valence electrons. The first kappa shape index (κ1) is 24.0. The maximum absolute atomic E-state index is 11.1. The minimum Gasteiger partial charge on any atom is -0.481 e. The number of hydrogen-bond donors (Lipinski definition) is 2. The van der Waals surface area contributed by atoms with Crippen LogP contribution in [0.1, 0.15) is 79.1 Å². The monoisotopic (exact) mass is 326 g/mol. The third-order valence-corrected chi connectivity index (χ3v) is 4.25. The lowest BCUT2D eigenvalue weighted by Crippen LogP contribution is -2.31. The van der Waals surface area contributed by atoms with E-state index in [0.29, 0.717) is 0 Å². The zero-order valence-corrected chi connectivity index (χ0v) is 14.0. The molecule has 1 atom stereocenters. The van der Waals surface area contributed by atoms with Gasteiger partial charge in [0.05, 0.1) is 0 Å². The highest BCUT2D eigenvalue weighted by molar-refractivity contribution is 5.92. The molecule has 0 fully saturated rings. The van der Waals surface area contributed by atoms with E-state index in [0.717, 1.165) is 19.3 Å². The van der Waals surface area contributed by atoms with Gasteiger partial charge in [0.2, 0.25) is 0 Å². The molecule has 0 aromatic heterocycles. The second-order valence-electron chi connectivity index (χ2n) is 7.08. The number of carbonyl (C=O) groups is 2. The maximum atomic E-state index is 11.1. The molecule has 0 spiro atoms. The fourth-order valence-corrected chi connectivity index (χ4v) is 2.67. The Morgan fingerprint density at radius 3 is 1.77 bits per heavy atom. The molecule has 5 heteroatoms. The van der Waals surface area contributed by atoms with Gasteiger partial charge in [-0.25, -0.2) is 0 Å². The van der Waals surface area contributed by atoms with Crippen molar-refractivity contribution in [2.75, 3.05) is 0 Å². The van der Waals surface area contributed by atoms with E-state index in [9.17, 15) is 9.59 Å². The predicted octanol–water partition coefficient (Wildman–Crippen LogP) is 3.66. The van der Waals surface area contributed by atoms with E-state index >= 15 is 0 Å². The first-order valence-electron chi connectivity index (χ1n) is 8.15. The molecule has 2 N–H and O–H groups in total. The molecule has 0 aromatic carbocycles. The smallest absolute Gasteiger partial charge is 0.317 e. The Hall–Kier alpha value is -0.294. The van der Waals surface area contributed by atoms with Gasteiger partial charge >= 0.3 is 35.0 Å². The molecule has 0 radical (unpaired) electrons. The van der Waals surface area contributed by atoms with Crippen LogP contribution in [0.15, 0.2) is 0 Å². The van der Waals surface area contributed by atoms with Gasteiger partial charge in [-0.15, -0.1) is 0 Å². The number of hydrogen-bond acceptors (Lipinski definition) is 2. The summed E-state index contributed by atoms with van der Waals surface area (Å²) in [6, 6.07) is 0. The van der Waals surface area contributed by atoms with Crippen LogP contribution in [0.4, 0.5) is 0 Å². The lowest BCUT2D eigenvalue weighted by atomic mass is 9.73. The van der Waals surface area contributed by atoms with Crippen LogP contribution in [0.2, 0.25) is 0 Å². The fourth-order valence-electron chi connectivity index (χ4n) is 2.67. The molecule has 0 rings (SSSR count). The third kappa shape index (κ3) is 10.4. The SMILES string of the molecule is CCCCCCCCC(CC(C(=O)O)C(=O)O)C(C)(C)C.[MgH2]. The maximum Gasteiger partial charge on any atom is 0.317 e. The lowest BCUT2D eigenvalue weighted by Gasteiger charge is -2.32. The second kappa shape index (κ2) is 12.2. The standard InChI is InChI=1S/C17H32O4.Mg.2H/c1-5-6-7-8-9-10-11-13(17(2,3)4)12-14(15(18)19)16(20)21;;;/h13-14H,5-12H2,1-4H3,(H,18,19)(H,20,21);;;. The third-order valence-electron chi connectivity index (χ3n) is 4.25. The van der Waals surface area contributed by atoms with Crippen LogP contribution in [-0.4, -0.2) is 45.2 Å². The van der Waals surface area contributed by atoms with E-state index in [1.54, 1.807) is 0 Å². The summed E-state index contributed by atoms with van der Waals surface area (Å²) in [4.78, 5) is 22.1. The van der Waals surface area contributed by atoms with E-state index in [4.69, 9.17) is 10.2 Å². The predicted molar refractivity (Wildman–Crippen MR) is 92.9 cm³/mol. The van der Waals surface area contributed by atoms with E-state index in [-0.39, 0.29) is 40.8 Å². The molecule has 0 aliphatic heterocycles. The van der Waals surface area contributed by atoms with Crippen molar-refractivity contribution < 1.29 is 19.8 Å². The van der Waals surface area contributed by atoms with Crippen LogP contribution in [-0.2, 0) is 9.59 Å². The summed E-state index contributed by atoms with van der Waals surface area (Å²) < 4.78 is 0. The van der Waals surface area contributed by atoms with Crippen molar-refractivity contribution in [3.63, 3.8) is 0 Å². The van der Waals surface area contributed by atoms with Crippen molar-refractivity contribution in [1.29, 1.82) is 0 Å². The molecule has 0 saturated heterocycles. The molecule has 0 amide bonds. The van der Waals surface area contributed by atoms with Crippen molar-refractivity contribution >= 4 is 35.0 Å². The van der Waals surface area contributed by atoms with Crippen LogP contribution in [0, 0.1) is 17.3 Å². The average Bonchev–Trinajstić information content (AvgIpc) is 2.34. The largest absolute Gasteiger partial charge is 0.481 e. The Labute approximate surface area is 151 Å². The molecule has 1 unspecified atom stereocenters. The molecule has 0 bridgehead atoms. The van der Waals surface area contributed by atoms with Crippen LogP contribution in [0.3, 0.4) is 0 Å². The van der Waals surface area contributed by atoms with Gasteiger partial charge in [0.15, 0.2) is 5.92 Å². The molecule has 0 saturated carbocycles. The number of aliphatic carboxylic acids is 2. The van der Waals surface area contributed by atoms with Crippen LogP contribution >= 0.6 is 0 Å². The molecular formula is C17H34MgO4. The van der Waals surface area contributed by atoms with E-state index < -0.39 is 17.9 Å². The summed E-state index contributed by atoms with van der Waals surface area (Å²) in [5, 5.41) is 18.1. The Balaban J connectivity index is 0. The van der Waals surface area contributed by atoms with Gasteiger partial charge in [-0.05, 0) is 24.2 Å². The van der Waals surface area contributed by atoms with Gasteiger partial charge in [-0.3, -0.25) is 9.59 Å². The highest BCUT2D eigenvalue weighted by Gasteiger charge is 2.33. The second-order valence-corrected chi connectivity index (χ2v) is 7.08. The molecule has 0 aromatic rings. The van der Waals surface area contributed by atoms with Crippen molar-refractivity contribution in [2.45, 2.75) is 79.1 Å². The summed E-state index contributed by atoms with van der Waals surface area (Å²) in [5.74, 6) is -3.60. The Kier molecular flexibility index (Phi) is 13.3. The van der Waals surface area contributed by atoms with Crippen molar-refractivity contribution in [2.24, 2.45) is 17.3 Å². The molecule has 0 heterocycles. The van der Waals surface area contributed by atoms with Gasteiger partial charge < -0.3 is 10.2 Å². The number of rotatable bonds is 11. The van der Waals surface area contributed by atoms with Gasteiger partial charge in [0, 0.05) is 0 Å². The van der Waals surface area contributed by atoms with E-state index in [1.165, 1.54) is 25.7 Å². The molecule has 4 nitrogen and oxygen atoms in total. The van der Waals surface area contributed by atoms with Gasteiger partial charge in [-0.1, -0.05) is 66.2 Å². The zero-order chi connectivity index (χ0) is 16.5. The van der Waals surface area contributed by atoms with Gasteiger partial charge in [0.25, 0.3) is 0 Å². The summed E-state index contributed by atoms with van der Waals surface area (Å²) in [6.45, 7) is 8.38. The molecule has 22 heavy (non-hydrogen) atoms. The molecular weight excluding hydrogens is 292 g/mol.